The van der Waals surface area contributed by atoms with Crippen LogP contribution in [0.5, 0.6) is 5.06 Å². The zero-order chi connectivity index (χ0) is 21.9. The molecule has 11 heteroatoms. The van der Waals surface area contributed by atoms with Crippen molar-refractivity contribution in [3.8, 4) is 5.06 Å². The fourth-order valence-electron chi connectivity index (χ4n) is 2.59. The molecule has 4 nitrogen and oxygen atoms in total. The molecule has 160 valence electrons. The van der Waals surface area contributed by atoms with Gasteiger partial charge < -0.3 is 14.8 Å². The molecule has 2 atom stereocenters. The Bertz CT molecular complexity index is 821. The van der Waals surface area contributed by atoms with E-state index in [9.17, 15) is 31.1 Å². The van der Waals surface area contributed by atoms with E-state index in [2.05, 4.69) is 14.8 Å². The van der Waals surface area contributed by atoms with E-state index in [1.54, 1.807) is 0 Å². The predicted molar refractivity (Wildman–Crippen MR) is 93.6 cm³/mol. The molecule has 1 aromatic heterocycles. The number of hydrogen-bond acceptors (Lipinski definition) is 4. The van der Waals surface area contributed by atoms with Crippen LogP contribution in [0.15, 0.2) is 42.5 Å². The average Bonchev–Trinajstić information content (AvgIpc) is 3.09. The molecule has 0 fully saturated rings. The molecular formula is C18H17F6NO3S. The Morgan fingerprint density at radius 1 is 1.07 bits per heavy atom. The molecule has 0 saturated heterocycles. The van der Waals surface area contributed by atoms with Crippen LogP contribution in [0.2, 0.25) is 0 Å². The number of thiophene rings is 1. The summed E-state index contributed by atoms with van der Waals surface area (Å²) in [6.45, 7) is -0.0956. The van der Waals surface area contributed by atoms with E-state index in [1.165, 1.54) is 37.3 Å². The molecule has 0 aliphatic heterocycles. The number of amides is 1. The summed E-state index contributed by atoms with van der Waals surface area (Å²) in [5.74, 6) is -1.45. The number of hydrogen-bond donors (Lipinski definition) is 1. The van der Waals surface area contributed by atoms with E-state index in [0.717, 1.165) is 30.6 Å². The molecule has 0 aliphatic rings. The summed E-state index contributed by atoms with van der Waals surface area (Å²) in [7, 11) is 0.777. The van der Waals surface area contributed by atoms with Gasteiger partial charge in [-0.2, -0.15) is 26.3 Å². The largest absolute Gasteiger partial charge is 0.475 e. The van der Waals surface area contributed by atoms with Crippen LogP contribution in [0.1, 0.15) is 23.4 Å². The maximum absolute atomic E-state index is 13.9. The van der Waals surface area contributed by atoms with Gasteiger partial charge in [0.15, 0.2) is 11.7 Å². The van der Waals surface area contributed by atoms with Gasteiger partial charge in [0.2, 0.25) is 0 Å². The van der Waals surface area contributed by atoms with Crippen molar-refractivity contribution in [2.75, 3.05) is 13.7 Å². The zero-order valence-electron chi connectivity index (χ0n) is 15.2. The van der Waals surface area contributed by atoms with Crippen LogP contribution in [0, 0.1) is 0 Å². The summed E-state index contributed by atoms with van der Waals surface area (Å²) in [4.78, 5) is 13.0. The third-order valence-electron chi connectivity index (χ3n) is 3.96. The Morgan fingerprint density at radius 3 is 2.21 bits per heavy atom. The summed E-state index contributed by atoms with van der Waals surface area (Å²) < 4.78 is 87.6. The molecule has 1 aromatic carbocycles. The number of benzene rings is 1. The normalized spacial score (nSPS) is 15.4. The summed E-state index contributed by atoms with van der Waals surface area (Å²) >= 11 is 0.786. The molecule has 0 bridgehead atoms. The first-order chi connectivity index (χ1) is 13.4. The number of nitrogens with one attached hydrogen (secondary N) is 1. The molecule has 2 rings (SSSR count). The Morgan fingerprint density at radius 2 is 1.69 bits per heavy atom. The van der Waals surface area contributed by atoms with Crippen molar-refractivity contribution in [3.05, 3.63) is 52.9 Å². The Labute approximate surface area is 166 Å². The minimum absolute atomic E-state index is 0.0738. The molecule has 0 unspecified atom stereocenters. The first kappa shape index (κ1) is 23.0. The summed E-state index contributed by atoms with van der Waals surface area (Å²) in [6, 6.07) is 8.10. The van der Waals surface area contributed by atoms with Crippen molar-refractivity contribution >= 4 is 17.2 Å². The van der Waals surface area contributed by atoms with Crippen LogP contribution < -0.4 is 10.1 Å². The lowest BCUT2D eigenvalue weighted by Crippen LogP contribution is -2.56. The fourth-order valence-corrected chi connectivity index (χ4v) is 3.45. The second kappa shape index (κ2) is 8.62. The van der Waals surface area contributed by atoms with Crippen LogP contribution in [-0.4, -0.2) is 32.0 Å². The summed E-state index contributed by atoms with van der Waals surface area (Å²) in [5.41, 5.74) is -3.64. The monoisotopic (exact) mass is 441 g/mol. The molecule has 0 saturated carbocycles. The lowest BCUT2D eigenvalue weighted by atomic mass is 9.91. The zero-order valence-corrected chi connectivity index (χ0v) is 16.0. The quantitative estimate of drug-likeness (QED) is 0.618. The van der Waals surface area contributed by atoms with Gasteiger partial charge in [-0.15, -0.1) is 11.3 Å². The highest BCUT2D eigenvalue weighted by atomic mass is 32.1. The van der Waals surface area contributed by atoms with E-state index in [-0.39, 0.29) is 5.06 Å². The molecule has 29 heavy (non-hydrogen) atoms. The van der Waals surface area contributed by atoms with E-state index in [4.69, 9.17) is 0 Å². The van der Waals surface area contributed by atoms with E-state index < -0.39 is 42.1 Å². The smallest absolute Gasteiger partial charge is 0.430 e. The van der Waals surface area contributed by atoms with E-state index in [1.807, 2.05) is 0 Å². The minimum Gasteiger partial charge on any atom is -0.475 e. The first-order valence-corrected chi connectivity index (χ1v) is 9.00. The second-order valence-corrected chi connectivity index (χ2v) is 7.08. The van der Waals surface area contributed by atoms with Crippen molar-refractivity contribution in [2.45, 2.75) is 30.9 Å². The number of carbonyl (C=O) groups is 1. The fraction of sp³-hybridized carbons (Fsp3) is 0.389. The number of methoxy groups -OCH3 is 1. The highest BCUT2D eigenvalue weighted by molar-refractivity contribution is 7.13. The molecule has 0 aliphatic carbocycles. The van der Waals surface area contributed by atoms with E-state index >= 15 is 0 Å². The van der Waals surface area contributed by atoms with Gasteiger partial charge in [-0.1, -0.05) is 30.3 Å². The average molecular weight is 441 g/mol. The lowest BCUT2D eigenvalue weighted by molar-refractivity contribution is -0.266. The molecule has 0 radical (unpaired) electrons. The van der Waals surface area contributed by atoms with Crippen LogP contribution >= 0.6 is 11.3 Å². The van der Waals surface area contributed by atoms with Gasteiger partial charge in [0.1, 0.15) is 0 Å². The minimum atomic E-state index is -5.07. The SMILES string of the molecule is CO[C@](C(=O)N[C@H](C)c1ccc(OCC(F)(F)F)s1)(c1ccccc1)C(F)(F)F. The number of rotatable bonds is 7. The van der Waals surface area contributed by atoms with Crippen molar-refractivity contribution < 1.29 is 40.6 Å². The standard InChI is InChI=1S/C18H17F6NO3S/c1-11(13-8-9-14(29-13)28-10-16(19,20)21)25-15(26)17(27-2,18(22,23)24)12-6-4-3-5-7-12/h3-9,11H,10H2,1-2H3,(H,25,26)/t11-,17+/m1/s1. The molecule has 1 N–H and O–H groups in total. The van der Waals surface area contributed by atoms with Crippen molar-refractivity contribution in [1.29, 1.82) is 0 Å². The van der Waals surface area contributed by atoms with Gasteiger partial charge in [0.25, 0.3) is 11.5 Å². The number of ether oxygens (including phenoxy) is 2. The van der Waals surface area contributed by atoms with Crippen LogP contribution in [0.3, 0.4) is 0 Å². The third kappa shape index (κ3) is 5.21. The molecule has 0 spiro atoms. The molecule has 1 amide bonds. The third-order valence-corrected chi connectivity index (χ3v) is 5.14. The Hall–Kier alpha value is -2.27. The van der Waals surface area contributed by atoms with Crippen LogP contribution in [0.25, 0.3) is 0 Å². The van der Waals surface area contributed by atoms with Crippen molar-refractivity contribution in [1.82, 2.24) is 5.32 Å². The Balaban J connectivity index is 2.23. The number of halogens is 6. The lowest BCUT2D eigenvalue weighted by Gasteiger charge is -2.34. The van der Waals surface area contributed by atoms with Crippen LogP contribution in [-0.2, 0) is 15.1 Å². The maximum atomic E-state index is 13.9. The van der Waals surface area contributed by atoms with E-state index in [0.29, 0.717) is 4.88 Å². The number of carbonyl (C=O) groups excluding carboxylic acids is 1. The molecule has 1 heterocycles. The van der Waals surface area contributed by atoms with Crippen molar-refractivity contribution in [3.63, 3.8) is 0 Å². The maximum Gasteiger partial charge on any atom is 0.430 e. The highest BCUT2D eigenvalue weighted by Crippen LogP contribution is 2.43. The number of alkyl halides is 6. The first-order valence-electron chi connectivity index (χ1n) is 8.18. The summed E-state index contributed by atoms with van der Waals surface area (Å²) in [5, 5.41) is 2.15. The second-order valence-electron chi connectivity index (χ2n) is 6.00. The van der Waals surface area contributed by atoms with Gasteiger partial charge in [0.05, 0.1) is 6.04 Å². The van der Waals surface area contributed by atoms with Crippen molar-refractivity contribution in [2.24, 2.45) is 0 Å². The van der Waals surface area contributed by atoms with Gasteiger partial charge in [0, 0.05) is 17.6 Å². The Kier molecular flexibility index (Phi) is 6.84. The van der Waals surface area contributed by atoms with Crippen LogP contribution in [0.4, 0.5) is 26.3 Å². The van der Waals surface area contributed by atoms with Gasteiger partial charge in [-0.3, -0.25) is 4.79 Å². The molecular weight excluding hydrogens is 424 g/mol. The summed E-state index contributed by atoms with van der Waals surface area (Å²) in [6.07, 6.45) is -9.59. The highest BCUT2D eigenvalue weighted by Gasteiger charge is 2.62. The predicted octanol–water partition coefficient (Wildman–Crippen LogP) is 4.97. The molecule has 2 aromatic rings. The van der Waals surface area contributed by atoms with Gasteiger partial charge >= 0.3 is 12.4 Å². The topological polar surface area (TPSA) is 47.6 Å². The van der Waals surface area contributed by atoms with Gasteiger partial charge in [-0.05, 0) is 19.1 Å². The van der Waals surface area contributed by atoms with Gasteiger partial charge in [-0.25, -0.2) is 0 Å².